The minimum atomic E-state index is -0.243. The van der Waals surface area contributed by atoms with Crippen molar-refractivity contribution in [3.8, 4) is 11.5 Å². The summed E-state index contributed by atoms with van der Waals surface area (Å²) in [5, 5.41) is 2.92. The predicted octanol–water partition coefficient (Wildman–Crippen LogP) is 5.75. The van der Waals surface area contributed by atoms with Crippen molar-refractivity contribution in [2.45, 2.75) is 19.6 Å². The molecule has 4 rings (SSSR count). The lowest BCUT2D eigenvalue weighted by Gasteiger charge is -2.26. The maximum absolute atomic E-state index is 13.3. The standard InChI is InChI=1S/C30H29N3O4/c1-21(23-12-9-14-25(18-23)32-29(34)22-10-5-4-6-11-22)33(2)30(35)24-15-16-27(28(19-24)36-3)37-20-26-13-7-8-17-31-26/h4-19,21H,20H2,1-3H3,(H,32,34). The van der Waals surface area contributed by atoms with Crippen molar-refractivity contribution in [1.82, 2.24) is 9.88 Å². The Labute approximate surface area is 216 Å². The topological polar surface area (TPSA) is 80.8 Å². The maximum atomic E-state index is 13.3. The van der Waals surface area contributed by atoms with Crippen LogP contribution in [-0.4, -0.2) is 35.9 Å². The average Bonchev–Trinajstić information content (AvgIpc) is 2.96. The molecule has 0 aliphatic heterocycles. The summed E-state index contributed by atoms with van der Waals surface area (Å²) in [7, 11) is 3.29. The summed E-state index contributed by atoms with van der Waals surface area (Å²) in [6.45, 7) is 2.23. The Morgan fingerprint density at radius 1 is 0.892 bits per heavy atom. The van der Waals surface area contributed by atoms with Crippen LogP contribution in [0.4, 0.5) is 5.69 Å². The van der Waals surface area contributed by atoms with Gasteiger partial charge in [0.2, 0.25) is 0 Å². The molecule has 0 fully saturated rings. The largest absolute Gasteiger partial charge is 0.493 e. The molecule has 0 radical (unpaired) electrons. The van der Waals surface area contributed by atoms with E-state index in [0.717, 1.165) is 11.3 Å². The minimum absolute atomic E-state index is 0.166. The Kier molecular flexibility index (Phi) is 8.15. The van der Waals surface area contributed by atoms with Crippen LogP contribution in [0.15, 0.2) is 97.2 Å². The number of pyridine rings is 1. The Hall–Kier alpha value is -4.65. The third-order valence-electron chi connectivity index (χ3n) is 6.08. The van der Waals surface area contributed by atoms with Crippen molar-refractivity contribution in [2.24, 2.45) is 0 Å². The van der Waals surface area contributed by atoms with E-state index in [2.05, 4.69) is 10.3 Å². The van der Waals surface area contributed by atoms with Crippen LogP contribution in [0, 0.1) is 0 Å². The van der Waals surface area contributed by atoms with Gasteiger partial charge in [-0.1, -0.05) is 36.4 Å². The molecular formula is C30H29N3O4. The number of nitrogens with one attached hydrogen (secondary N) is 1. The fraction of sp³-hybridized carbons (Fsp3) is 0.167. The van der Waals surface area contributed by atoms with Crippen molar-refractivity contribution in [1.29, 1.82) is 0 Å². The van der Waals surface area contributed by atoms with Gasteiger partial charge in [0.05, 0.1) is 18.8 Å². The number of carbonyl (C=O) groups excluding carboxylic acids is 2. The van der Waals surface area contributed by atoms with Gasteiger partial charge in [0, 0.05) is 30.1 Å². The number of benzene rings is 3. The molecule has 1 N–H and O–H groups in total. The van der Waals surface area contributed by atoms with Gasteiger partial charge in [-0.2, -0.15) is 0 Å². The van der Waals surface area contributed by atoms with E-state index < -0.39 is 0 Å². The molecule has 1 atom stereocenters. The summed E-state index contributed by atoms with van der Waals surface area (Å²) in [6, 6.07) is 27.0. The second-order valence-corrected chi connectivity index (χ2v) is 8.51. The van der Waals surface area contributed by atoms with E-state index in [1.165, 1.54) is 0 Å². The summed E-state index contributed by atoms with van der Waals surface area (Å²) in [5.41, 5.74) is 3.40. The van der Waals surface area contributed by atoms with Gasteiger partial charge in [0.1, 0.15) is 6.61 Å². The molecule has 0 spiro atoms. The van der Waals surface area contributed by atoms with Gasteiger partial charge < -0.3 is 19.7 Å². The van der Waals surface area contributed by atoms with Crippen LogP contribution in [0.1, 0.15) is 44.9 Å². The number of methoxy groups -OCH3 is 1. The first-order chi connectivity index (χ1) is 18.0. The maximum Gasteiger partial charge on any atom is 0.255 e. The molecule has 3 aromatic carbocycles. The van der Waals surface area contributed by atoms with Gasteiger partial charge >= 0.3 is 0 Å². The van der Waals surface area contributed by atoms with Crippen molar-refractivity contribution < 1.29 is 19.1 Å². The second kappa shape index (κ2) is 11.9. The zero-order valence-electron chi connectivity index (χ0n) is 21.0. The number of ether oxygens (including phenoxy) is 2. The number of hydrogen-bond donors (Lipinski definition) is 1. The van der Waals surface area contributed by atoms with E-state index >= 15 is 0 Å². The first-order valence-corrected chi connectivity index (χ1v) is 11.9. The molecule has 1 heterocycles. The first-order valence-electron chi connectivity index (χ1n) is 11.9. The van der Waals surface area contributed by atoms with Gasteiger partial charge in [0.25, 0.3) is 11.8 Å². The number of anilines is 1. The molecule has 188 valence electrons. The number of hydrogen-bond acceptors (Lipinski definition) is 5. The Morgan fingerprint density at radius 2 is 1.68 bits per heavy atom. The second-order valence-electron chi connectivity index (χ2n) is 8.51. The zero-order valence-corrected chi connectivity index (χ0v) is 21.0. The van der Waals surface area contributed by atoms with E-state index in [1.54, 1.807) is 55.6 Å². The first kappa shape index (κ1) is 25.4. The average molecular weight is 496 g/mol. The molecule has 7 heteroatoms. The number of amides is 2. The molecule has 37 heavy (non-hydrogen) atoms. The third-order valence-corrected chi connectivity index (χ3v) is 6.08. The molecule has 1 aromatic heterocycles. The summed E-state index contributed by atoms with van der Waals surface area (Å²) in [5.74, 6) is 0.642. The van der Waals surface area contributed by atoms with Crippen molar-refractivity contribution in [3.05, 3.63) is 120 Å². The highest BCUT2D eigenvalue weighted by Crippen LogP contribution is 2.30. The molecule has 0 bridgehead atoms. The molecule has 0 saturated heterocycles. The monoisotopic (exact) mass is 495 g/mol. The lowest BCUT2D eigenvalue weighted by molar-refractivity contribution is 0.0742. The minimum Gasteiger partial charge on any atom is -0.493 e. The molecule has 0 aliphatic carbocycles. The number of aromatic nitrogens is 1. The highest BCUT2D eigenvalue weighted by Gasteiger charge is 2.21. The molecule has 2 amide bonds. The lowest BCUT2D eigenvalue weighted by Crippen LogP contribution is -2.29. The van der Waals surface area contributed by atoms with E-state index in [-0.39, 0.29) is 17.9 Å². The Balaban J connectivity index is 1.45. The van der Waals surface area contributed by atoms with Gasteiger partial charge in [-0.25, -0.2) is 0 Å². The smallest absolute Gasteiger partial charge is 0.255 e. The highest BCUT2D eigenvalue weighted by molar-refractivity contribution is 6.04. The molecule has 0 aliphatic rings. The van der Waals surface area contributed by atoms with E-state index in [4.69, 9.17) is 9.47 Å². The van der Waals surface area contributed by atoms with Crippen LogP contribution in [-0.2, 0) is 6.61 Å². The molecular weight excluding hydrogens is 466 g/mol. The van der Waals surface area contributed by atoms with E-state index in [1.807, 2.05) is 67.6 Å². The Bertz CT molecular complexity index is 1360. The van der Waals surface area contributed by atoms with Gasteiger partial charge in [-0.05, 0) is 67.1 Å². The van der Waals surface area contributed by atoms with E-state index in [9.17, 15) is 9.59 Å². The molecule has 1 unspecified atom stereocenters. The van der Waals surface area contributed by atoms with Crippen LogP contribution in [0.5, 0.6) is 11.5 Å². The summed E-state index contributed by atoms with van der Waals surface area (Å²) in [6.07, 6.45) is 1.71. The number of rotatable bonds is 9. The van der Waals surface area contributed by atoms with Crippen molar-refractivity contribution >= 4 is 17.5 Å². The van der Waals surface area contributed by atoms with Crippen LogP contribution in [0.2, 0.25) is 0 Å². The lowest BCUT2D eigenvalue weighted by atomic mass is 10.0. The zero-order chi connectivity index (χ0) is 26.2. The third kappa shape index (κ3) is 6.32. The van der Waals surface area contributed by atoms with Crippen LogP contribution in [0.25, 0.3) is 0 Å². The van der Waals surface area contributed by atoms with Gasteiger partial charge in [-0.15, -0.1) is 0 Å². The van der Waals surface area contributed by atoms with Gasteiger partial charge in [0.15, 0.2) is 11.5 Å². The normalized spacial score (nSPS) is 11.3. The SMILES string of the molecule is COc1cc(C(=O)N(C)C(C)c2cccc(NC(=O)c3ccccc3)c2)ccc1OCc1ccccn1. The van der Waals surface area contributed by atoms with Crippen molar-refractivity contribution in [2.75, 3.05) is 19.5 Å². The molecule has 7 nitrogen and oxygen atoms in total. The van der Waals surface area contributed by atoms with Crippen LogP contribution < -0.4 is 14.8 Å². The predicted molar refractivity (Wildman–Crippen MR) is 143 cm³/mol. The van der Waals surface area contributed by atoms with E-state index in [0.29, 0.717) is 34.9 Å². The fourth-order valence-corrected chi connectivity index (χ4v) is 3.83. The van der Waals surface area contributed by atoms with Crippen LogP contribution >= 0.6 is 0 Å². The highest BCUT2D eigenvalue weighted by atomic mass is 16.5. The molecule has 4 aromatic rings. The Morgan fingerprint density at radius 3 is 2.41 bits per heavy atom. The summed E-state index contributed by atoms with van der Waals surface area (Å²) in [4.78, 5) is 31.8. The summed E-state index contributed by atoms with van der Waals surface area (Å²) >= 11 is 0. The fourth-order valence-electron chi connectivity index (χ4n) is 3.83. The van der Waals surface area contributed by atoms with Crippen molar-refractivity contribution in [3.63, 3.8) is 0 Å². The van der Waals surface area contributed by atoms with Gasteiger partial charge in [-0.3, -0.25) is 14.6 Å². The molecule has 0 saturated carbocycles. The number of carbonyl (C=O) groups is 2. The number of nitrogens with zero attached hydrogens (tertiary/aromatic N) is 2. The quantitative estimate of drug-likeness (QED) is 0.320. The summed E-state index contributed by atoms with van der Waals surface area (Å²) < 4.78 is 11.3. The van der Waals surface area contributed by atoms with Crippen LogP contribution in [0.3, 0.4) is 0 Å².